The molecule has 1 amide bonds. The first-order valence-electron chi connectivity index (χ1n) is 7.35. The predicted octanol–water partition coefficient (Wildman–Crippen LogP) is 3.02. The predicted molar refractivity (Wildman–Crippen MR) is 92.0 cm³/mol. The van der Waals surface area contributed by atoms with Crippen LogP contribution in [0.1, 0.15) is 24.8 Å². The van der Waals surface area contributed by atoms with Crippen LogP contribution in [-0.4, -0.2) is 35.9 Å². The van der Waals surface area contributed by atoms with E-state index < -0.39 is 4.92 Å². The molecule has 1 atom stereocenters. The van der Waals surface area contributed by atoms with E-state index in [0.717, 1.165) is 25.9 Å². The third-order valence-corrected chi connectivity index (χ3v) is 4.37. The van der Waals surface area contributed by atoms with Gasteiger partial charge in [-0.3, -0.25) is 14.9 Å². The average Bonchev–Trinajstić information content (AvgIpc) is 3.00. The highest BCUT2D eigenvalue weighted by Gasteiger charge is 2.18. The Morgan fingerprint density at radius 2 is 2.26 bits per heavy atom. The van der Waals surface area contributed by atoms with Gasteiger partial charge in [-0.25, -0.2) is 0 Å². The van der Waals surface area contributed by atoms with Crippen molar-refractivity contribution in [3.63, 3.8) is 0 Å². The molecule has 2 rings (SSSR count). The molecule has 1 N–H and O–H groups in total. The van der Waals surface area contributed by atoms with E-state index in [1.807, 2.05) is 0 Å². The van der Waals surface area contributed by atoms with Gasteiger partial charge in [0.25, 0.3) is 5.69 Å². The van der Waals surface area contributed by atoms with Crippen molar-refractivity contribution >= 4 is 35.6 Å². The lowest BCUT2D eigenvalue weighted by atomic mass is 10.0. The van der Waals surface area contributed by atoms with Gasteiger partial charge in [0, 0.05) is 37.2 Å². The molecule has 0 aromatic heterocycles. The largest absolute Gasteiger partial charge is 0.341 e. The fourth-order valence-corrected chi connectivity index (χ4v) is 2.80. The standard InChI is InChI=1S/C15H20ClN3O3.ClH/c1-18(15(20)5-2-11-6-7-17-9-11)10-12-8-13(19(21)22)3-4-14(12)16;/h3-4,8,11,17H,2,5-7,9-10H2,1H3;1H. The molecular weight excluding hydrogens is 341 g/mol. The van der Waals surface area contributed by atoms with Crippen molar-refractivity contribution < 1.29 is 9.72 Å². The zero-order valence-corrected chi connectivity index (χ0v) is 14.5. The summed E-state index contributed by atoms with van der Waals surface area (Å²) < 4.78 is 0. The molecule has 8 heteroatoms. The summed E-state index contributed by atoms with van der Waals surface area (Å²) in [4.78, 5) is 24.1. The zero-order chi connectivity index (χ0) is 16.1. The van der Waals surface area contributed by atoms with Crippen LogP contribution in [0.2, 0.25) is 5.02 Å². The second-order valence-electron chi connectivity index (χ2n) is 5.68. The molecule has 1 fully saturated rings. The third kappa shape index (κ3) is 5.64. The Labute approximate surface area is 146 Å². The molecule has 0 bridgehead atoms. The quantitative estimate of drug-likeness (QED) is 0.624. The Morgan fingerprint density at radius 3 is 2.87 bits per heavy atom. The van der Waals surface area contributed by atoms with Crippen LogP contribution in [0.15, 0.2) is 18.2 Å². The van der Waals surface area contributed by atoms with Crippen molar-refractivity contribution in [3.8, 4) is 0 Å². The van der Waals surface area contributed by atoms with Crippen molar-refractivity contribution in [1.29, 1.82) is 0 Å². The highest BCUT2D eigenvalue weighted by Crippen LogP contribution is 2.23. The van der Waals surface area contributed by atoms with Gasteiger partial charge in [0.05, 0.1) is 4.92 Å². The molecule has 0 radical (unpaired) electrons. The number of carbonyl (C=O) groups is 1. The minimum absolute atomic E-state index is 0. The van der Waals surface area contributed by atoms with Gasteiger partial charge in [-0.15, -0.1) is 12.4 Å². The van der Waals surface area contributed by atoms with E-state index in [4.69, 9.17) is 11.6 Å². The minimum atomic E-state index is -0.464. The maximum Gasteiger partial charge on any atom is 0.269 e. The molecular formula is C15H21Cl2N3O3. The van der Waals surface area contributed by atoms with E-state index in [1.165, 1.54) is 18.2 Å². The molecule has 6 nitrogen and oxygen atoms in total. The number of carbonyl (C=O) groups excluding carboxylic acids is 1. The van der Waals surface area contributed by atoms with Crippen molar-refractivity contribution in [1.82, 2.24) is 10.2 Å². The molecule has 1 saturated heterocycles. The summed E-state index contributed by atoms with van der Waals surface area (Å²) >= 11 is 6.06. The Balaban J connectivity index is 0.00000264. The van der Waals surface area contributed by atoms with Crippen LogP contribution in [0.5, 0.6) is 0 Å². The maximum atomic E-state index is 12.2. The summed E-state index contributed by atoms with van der Waals surface area (Å²) in [6.45, 7) is 2.29. The summed E-state index contributed by atoms with van der Waals surface area (Å²) in [5, 5.41) is 14.5. The van der Waals surface area contributed by atoms with Gasteiger partial charge >= 0.3 is 0 Å². The van der Waals surface area contributed by atoms with Crippen LogP contribution in [0.3, 0.4) is 0 Å². The Kier molecular flexibility index (Phi) is 7.75. The molecule has 1 aromatic carbocycles. The molecule has 1 aliphatic rings. The number of nitrogens with one attached hydrogen (secondary N) is 1. The summed E-state index contributed by atoms with van der Waals surface area (Å²) in [6, 6.07) is 4.28. The van der Waals surface area contributed by atoms with Crippen LogP contribution < -0.4 is 5.32 Å². The smallest absolute Gasteiger partial charge is 0.269 e. The molecule has 0 saturated carbocycles. The van der Waals surface area contributed by atoms with Crippen LogP contribution in [0.4, 0.5) is 5.69 Å². The van der Waals surface area contributed by atoms with Crippen LogP contribution in [0.25, 0.3) is 0 Å². The summed E-state index contributed by atoms with van der Waals surface area (Å²) in [5.41, 5.74) is 0.575. The molecule has 0 spiro atoms. The molecule has 1 aromatic rings. The van der Waals surface area contributed by atoms with Crippen molar-refractivity contribution in [2.75, 3.05) is 20.1 Å². The number of benzene rings is 1. The number of nitrogens with zero attached hydrogens (tertiary/aromatic N) is 2. The van der Waals surface area contributed by atoms with Crippen molar-refractivity contribution in [2.24, 2.45) is 5.92 Å². The first-order valence-corrected chi connectivity index (χ1v) is 7.72. The Hall–Kier alpha value is -1.37. The summed E-state index contributed by atoms with van der Waals surface area (Å²) in [7, 11) is 1.70. The minimum Gasteiger partial charge on any atom is -0.341 e. The lowest BCUT2D eigenvalue weighted by Gasteiger charge is -2.19. The van der Waals surface area contributed by atoms with Gasteiger partial charge in [-0.2, -0.15) is 0 Å². The molecule has 0 aliphatic carbocycles. The normalized spacial score (nSPS) is 16.7. The topological polar surface area (TPSA) is 75.5 Å². The van der Waals surface area contributed by atoms with Crippen LogP contribution >= 0.6 is 24.0 Å². The van der Waals surface area contributed by atoms with Gasteiger partial charge in [0.15, 0.2) is 0 Å². The van der Waals surface area contributed by atoms with E-state index >= 15 is 0 Å². The van der Waals surface area contributed by atoms with Gasteiger partial charge in [-0.1, -0.05) is 11.6 Å². The van der Waals surface area contributed by atoms with Gasteiger partial charge in [-0.05, 0) is 43.5 Å². The molecule has 1 heterocycles. The second-order valence-corrected chi connectivity index (χ2v) is 6.09. The highest BCUT2D eigenvalue weighted by molar-refractivity contribution is 6.31. The monoisotopic (exact) mass is 361 g/mol. The third-order valence-electron chi connectivity index (χ3n) is 4.00. The molecule has 128 valence electrons. The Bertz CT molecular complexity index is 563. The van der Waals surface area contributed by atoms with E-state index in [-0.39, 0.29) is 30.5 Å². The van der Waals surface area contributed by atoms with Crippen LogP contribution in [-0.2, 0) is 11.3 Å². The van der Waals surface area contributed by atoms with E-state index in [9.17, 15) is 14.9 Å². The van der Waals surface area contributed by atoms with Crippen molar-refractivity contribution in [3.05, 3.63) is 38.9 Å². The van der Waals surface area contributed by atoms with E-state index in [2.05, 4.69) is 5.32 Å². The number of nitro benzene ring substituents is 1. The first-order chi connectivity index (χ1) is 10.5. The van der Waals surface area contributed by atoms with E-state index in [1.54, 1.807) is 11.9 Å². The number of halogens is 2. The van der Waals surface area contributed by atoms with Crippen molar-refractivity contribution in [2.45, 2.75) is 25.8 Å². The van der Waals surface area contributed by atoms with Gasteiger partial charge in [0.2, 0.25) is 5.91 Å². The molecule has 1 unspecified atom stereocenters. The fourth-order valence-electron chi connectivity index (χ4n) is 2.62. The number of hydrogen-bond acceptors (Lipinski definition) is 4. The van der Waals surface area contributed by atoms with Gasteiger partial charge < -0.3 is 10.2 Å². The number of rotatable bonds is 6. The highest BCUT2D eigenvalue weighted by atomic mass is 35.5. The lowest BCUT2D eigenvalue weighted by Crippen LogP contribution is -2.26. The molecule has 23 heavy (non-hydrogen) atoms. The summed E-state index contributed by atoms with van der Waals surface area (Å²) in [6.07, 6.45) is 2.49. The lowest BCUT2D eigenvalue weighted by molar-refractivity contribution is -0.384. The number of hydrogen-bond donors (Lipinski definition) is 1. The average molecular weight is 362 g/mol. The summed E-state index contributed by atoms with van der Waals surface area (Å²) in [5.74, 6) is 0.605. The number of nitro groups is 1. The maximum absolute atomic E-state index is 12.2. The van der Waals surface area contributed by atoms with E-state index in [0.29, 0.717) is 22.9 Å². The first kappa shape index (κ1) is 19.7. The number of non-ortho nitro benzene ring substituents is 1. The molecule has 1 aliphatic heterocycles. The number of amides is 1. The Morgan fingerprint density at radius 1 is 1.52 bits per heavy atom. The fraction of sp³-hybridized carbons (Fsp3) is 0.533. The zero-order valence-electron chi connectivity index (χ0n) is 13.0. The second kappa shape index (κ2) is 9.05. The SMILES string of the molecule is CN(Cc1cc([N+](=O)[O-])ccc1Cl)C(=O)CCC1CCNC1.Cl. The van der Waals surface area contributed by atoms with Crippen LogP contribution in [0, 0.1) is 16.0 Å². The van der Waals surface area contributed by atoms with Gasteiger partial charge in [0.1, 0.15) is 0 Å².